The van der Waals surface area contributed by atoms with Gasteiger partial charge in [-0.2, -0.15) is 0 Å². The minimum absolute atomic E-state index is 0.0164. The minimum atomic E-state index is 0.0164. The lowest BCUT2D eigenvalue weighted by atomic mass is 10.00. The lowest BCUT2D eigenvalue weighted by molar-refractivity contribution is 0.0928. The summed E-state index contributed by atoms with van der Waals surface area (Å²) in [5, 5.41) is 6.85. The molecule has 2 N–H and O–H groups in total. The third-order valence-corrected chi connectivity index (χ3v) is 4.61. The number of piperidine rings is 1. The van der Waals surface area contributed by atoms with Gasteiger partial charge >= 0.3 is 0 Å². The van der Waals surface area contributed by atoms with Crippen LogP contribution in [-0.2, 0) is 0 Å². The molecule has 6 heteroatoms. The number of fused-ring (bicyclic) bond motifs is 2. The third-order valence-electron chi connectivity index (χ3n) is 3.59. The average molecular weight is 252 g/mol. The zero-order chi connectivity index (χ0) is 11.8. The summed E-state index contributed by atoms with van der Waals surface area (Å²) in [5.41, 5.74) is 0. The number of thiazole rings is 1. The van der Waals surface area contributed by atoms with Crippen LogP contribution < -0.4 is 10.6 Å². The molecule has 0 aromatic carbocycles. The quantitative estimate of drug-likeness (QED) is 0.828. The number of amides is 1. The fraction of sp³-hybridized carbons (Fsp3) is 0.636. The van der Waals surface area contributed by atoms with E-state index >= 15 is 0 Å². The molecule has 2 fully saturated rings. The lowest BCUT2D eigenvalue weighted by Crippen LogP contribution is -2.42. The first-order chi connectivity index (χ1) is 8.26. The Hall–Kier alpha value is -1.14. The molecular formula is C11H16N4OS. The smallest absolute Gasteiger partial charge is 0.263 e. The largest absolute Gasteiger partial charge is 0.365 e. The summed E-state index contributed by atoms with van der Waals surface area (Å²) in [6, 6.07) is 0.330. The summed E-state index contributed by atoms with van der Waals surface area (Å²) in [6.45, 7) is 3.35. The van der Waals surface area contributed by atoms with Gasteiger partial charge in [0.15, 0.2) is 5.13 Å². The number of nitrogens with zero attached hydrogens (tertiary/aromatic N) is 2. The molecule has 0 saturated carbocycles. The molecule has 17 heavy (non-hydrogen) atoms. The maximum absolute atomic E-state index is 12.0. The molecule has 1 aromatic rings. The van der Waals surface area contributed by atoms with Crippen LogP contribution in [-0.4, -0.2) is 48.5 Å². The summed E-state index contributed by atoms with van der Waals surface area (Å²) in [4.78, 5) is 19.2. The second-order valence-electron chi connectivity index (χ2n) is 4.67. The van der Waals surface area contributed by atoms with Crippen molar-refractivity contribution in [1.29, 1.82) is 0 Å². The van der Waals surface area contributed by atoms with Gasteiger partial charge in [0, 0.05) is 26.2 Å². The van der Waals surface area contributed by atoms with Crippen molar-refractivity contribution < 1.29 is 4.79 Å². The Bertz CT molecular complexity index is 433. The molecule has 5 nitrogen and oxygen atoms in total. The van der Waals surface area contributed by atoms with E-state index in [-0.39, 0.29) is 5.91 Å². The van der Waals surface area contributed by atoms with Crippen molar-refractivity contribution in [2.24, 2.45) is 5.92 Å². The van der Waals surface area contributed by atoms with Crippen molar-refractivity contribution in [3.63, 3.8) is 0 Å². The molecular weight excluding hydrogens is 236 g/mol. The minimum Gasteiger partial charge on any atom is -0.365 e. The highest BCUT2D eigenvalue weighted by molar-refractivity contribution is 7.17. The van der Waals surface area contributed by atoms with E-state index in [2.05, 4.69) is 20.5 Å². The van der Waals surface area contributed by atoms with E-state index in [1.807, 2.05) is 7.05 Å². The SMILES string of the molecule is CNc1ncc(C(=O)N[C@H]2CN3CC[C@H]2C3)s1. The molecule has 2 saturated heterocycles. The van der Waals surface area contributed by atoms with Crippen LogP contribution >= 0.6 is 11.3 Å². The van der Waals surface area contributed by atoms with E-state index in [4.69, 9.17) is 0 Å². The molecule has 3 heterocycles. The molecule has 2 bridgehead atoms. The summed E-state index contributed by atoms with van der Waals surface area (Å²) < 4.78 is 0. The zero-order valence-corrected chi connectivity index (χ0v) is 10.6. The number of rotatable bonds is 3. The molecule has 0 aliphatic carbocycles. The van der Waals surface area contributed by atoms with Crippen molar-refractivity contribution in [1.82, 2.24) is 15.2 Å². The molecule has 92 valence electrons. The first kappa shape index (κ1) is 11.0. The van der Waals surface area contributed by atoms with E-state index in [1.165, 1.54) is 24.3 Å². The highest BCUT2D eigenvalue weighted by Crippen LogP contribution is 2.28. The van der Waals surface area contributed by atoms with Gasteiger partial charge < -0.3 is 15.5 Å². The Balaban J connectivity index is 1.63. The number of anilines is 1. The van der Waals surface area contributed by atoms with Crippen LogP contribution in [0.3, 0.4) is 0 Å². The highest BCUT2D eigenvalue weighted by atomic mass is 32.1. The Kier molecular flexibility index (Phi) is 2.76. The Morgan fingerprint density at radius 2 is 2.47 bits per heavy atom. The molecule has 2 aliphatic heterocycles. The van der Waals surface area contributed by atoms with Gasteiger partial charge in [0.2, 0.25) is 0 Å². The van der Waals surface area contributed by atoms with Crippen molar-refractivity contribution in [2.75, 3.05) is 32.0 Å². The van der Waals surface area contributed by atoms with Gasteiger partial charge in [-0.05, 0) is 18.9 Å². The number of carbonyl (C=O) groups excluding carboxylic acids is 1. The van der Waals surface area contributed by atoms with Crippen LogP contribution in [0.1, 0.15) is 16.1 Å². The van der Waals surface area contributed by atoms with Gasteiger partial charge in [0.1, 0.15) is 4.88 Å². The van der Waals surface area contributed by atoms with Crippen LogP contribution in [0, 0.1) is 5.92 Å². The van der Waals surface area contributed by atoms with Gasteiger partial charge in [0.25, 0.3) is 5.91 Å². The topological polar surface area (TPSA) is 57.3 Å². The maximum atomic E-state index is 12.0. The van der Waals surface area contributed by atoms with Crippen LogP contribution in [0.15, 0.2) is 6.20 Å². The van der Waals surface area contributed by atoms with Crippen molar-refractivity contribution in [3.05, 3.63) is 11.1 Å². The monoisotopic (exact) mass is 252 g/mol. The molecule has 0 spiro atoms. The van der Waals surface area contributed by atoms with Crippen molar-refractivity contribution >= 4 is 22.4 Å². The normalized spacial score (nSPS) is 30.5. The number of nitrogens with one attached hydrogen (secondary N) is 2. The zero-order valence-electron chi connectivity index (χ0n) is 9.77. The Morgan fingerprint density at radius 1 is 1.59 bits per heavy atom. The van der Waals surface area contributed by atoms with Crippen LogP contribution in [0.4, 0.5) is 5.13 Å². The third kappa shape index (κ3) is 2.02. The fourth-order valence-corrected chi connectivity index (χ4v) is 3.35. The van der Waals surface area contributed by atoms with Crippen LogP contribution in [0.5, 0.6) is 0 Å². The van der Waals surface area contributed by atoms with Gasteiger partial charge in [-0.25, -0.2) is 4.98 Å². The van der Waals surface area contributed by atoms with Gasteiger partial charge in [-0.1, -0.05) is 11.3 Å². The Morgan fingerprint density at radius 3 is 3.06 bits per heavy atom. The van der Waals surface area contributed by atoms with Crippen molar-refractivity contribution in [2.45, 2.75) is 12.5 Å². The van der Waals surface area contributed by atoms with Crippen LogP contribution in [0.2, 0.25) is 0 Å². The fourth-order valence-electron chi connectivity index (χ4n) is 2.68. The first-order valence-corrected chi connectivity index (χ1v) is 6.74. The van der Waals surface area contributed by atoms with Crippen LogP contribution in [0.25, 0.3) is 0 Å². The summed E-state index contributed by atoms with van der Waals surface area (Å²) in [6.07, 6.45) is 2.86. The highest BCUT2D eigenvalue weighted by Gasteiger charge is 2.38. The number of aromatic nitrogens is 1. The second kappa shape index (κ2) is 4.27. The van der Waals surface area contributed by atoms with Crippen molar-refractivity contribution in [3.8, 4) is 0 Å². The van der Waals surface area contributed by atoms with Gasteiger partial charge in [0.05, 0.1) is 6.20 Å². The summed E-state index contributed by atoms with van der Waals surface area (Å²) >= 11 is 1.40. The number of hydrogen-bond donors (Lipinski definition) is 2. The first-order valence-electron chi connectivity index (χ1n) is 5.93. The standard InChI is InChI=1S/C11H16N4OS/c1-12-11-13-4-9(17-11)10(16)14-8-6-15-3-2-7(8)5-15/h4,7-8H,2-3,5-6H2,1H3,(H,12,13)(H,14,16)/t7-,8-/m0/s1. The van der Waals surface area contributed by atoms with Gasteiger partial charge in [-0.3, -0.25) is 4.79 Å². The number of hydrogen-bond acceptors (Lipinski definition) is 5. The molecule has 2 aliphatic rings. The van der Waals surface area contributed by atoms with E-state index in [1.54, 1.807) is 6.20 Å². The van der Waals surface area contributed by atoms with E-state index < -0.39 is 0 Å². The molecule has 3 atom stereocenters. The van der Waals surface area contributed by atoms with E-state index in [0.717, 1.165) is 18.2 Å². The van der Waals surface area contributed by atoms with E-state index in [0.29, 0.717) is 16.8 Å². The van der Waals surface area contributed by atoms with E-state index in [9.17, 15) is 4.79 Å². The Labute approximate surface area is 104 Å². The molecule has 0 radical (unpaired) electrons. The summed E-state index contributed by atoms with van der Waals surface area (Å²) in [5.74, 6) is 0.665. The predicted octanol–water partition coefficient (Wildman–Crippen LogP) is 0.619. The number of carbonyl (C=O) groups is 1. The molecule has 1 aromatic heterocycles. The molecule has 1 unspecified atom stereocenters. The molecule has 1 amide bonds. The average Bonchev–Trinajstić information content (AvgIpc) is 3.04. The maximum Gasteiger partial charge on any atom is 0.263 e. The predicted molar refractivity (Wildman–Crippen MR) is 67.5 cm³/mol. The second-order valence-corrected chi connectivity index (χ2v) is 5.70. The lowest BCUT2D eigenvalue weighted by Gasteiger charge is -2.22. The molecule has 3 rings (SSSR count). The van der Waals surface area contributed by atoms with Gasteiger partial charge in [-0.15, -0.1) is 0 Å². The summed E-state index contributed by atoms with van der Waals surface area (Å²) in [7, 11) is 1.81.